The monoisotopic (exact) mass is 293 g/mol. The van der Waals surface area contributed by atoms with Crippen molar-refractivity contribution < 1.29 is 4.79 Å². The fourth-order valence-electron chi connectivity index (χ4n) is 1.09. The third kappa shape index (κ3) is 2.97. The molecule has 0 aliphatic rings. The van der Waals surface area contributed by atoms with Crippen molar-refractivity contribution >= 4 is 33.5 Å². The van der Waals surface area contributed by atoms with Gasteiger partial charge in [0.15, 0.2) is 0 Å². The van der Waals surface area contributed by atoms with Crippen LogP contribution in [0.1, 0.15) is 10.5 Å². The van der Waals surface area contributed by atoms with E-state index in [1.807, 2.05) is 0 Å². The van der Waals surface area contributed by atoms with E-state index in [2.05, 4.69) is 36.2 Å². The number of carbonyl (C=O) groups is 1. The van der Waals surface area contributed by atoms with Gasteiger partial charge in [-0.3, -0.25) is 4.79 Å². The molecule has 0 fully saturated rings. The number of carbonyl (C=O) groups excluding carboxylic acids is 1. The van der Waals surface area contributed by atoms with Crippen LogP contribution in [0.5, 0.6) is 0 Å². The second kappa shape index (κ2) is 4.88. The van der Waals surface area contributed by atoms with Crippen LogP contribution in [-0.4, -0.2) is 20.9 Å². The first kappa shape index (κ1) is 11.5. The van der Waals surface area contributed by atoms with Gasteiger partial charge in [0, 0.05) is 10.7 Å². The minimum Gasteiger partial charge on any atom is -0.382 e. The maximum absolute atomic E-state index is 11.7. The number of amides is 1. The predicted molar refractivity (Wildman–Crippen MR) is 66.3 cm³/mol. The minimum atomic E-state index is -0.382. The highest BCUT2D eigenvalue weighted by Gasteiger charge is 2.08. The van der Waals surface area contributed by atoms with Gasteiger partial charge in [-0.05, 0) is 28.1 Å². The van der Waals surface area contributed by atoms with Crippen LogP contribution in [0.25, 0.3) is 0 Å². The average Bonchev–Trinajstić information content (AvgIpc) is 2.33. The number of halogens is 1. The Balaban J connectivity index is 2.11. The molecule has 2 heterocycles. The molecule has 2 aromatic heterocycles. The average molecular weight is 294 g/mol. The number of nitrogens with zero attached hydrogens (tertiary/aromatic N) is 3. The Morgan fingerprint density at radius 2 is 2.00 bits per heavy atom. The van der Waals surface area contributed by atoms with Crippen LogP contribution in [0, 0.1) is 0 Å². The summed E-state index contributed by atoms with van der Waals surface area (Å²) in [5.41, 5.74) is 5.56. The number of nitrogens with two attached hydrogens (primary N) is 1. The van der Waals surface area contributed by atoms with E-state index in [9.17, 15) is 4.79 Å². The van der Waals surface area contributed by atoms with Crippen LogP contribution >= 0.6 is 15.9 Å². The maximum atomic E-state index is 11.7. The Morgan fingerprint density at radius 3 is 2.59 bits per heavy atom. The topological polar surface area (TPSA) is 93.8 Å². The standard InChI is InChI=1S/C10H8BrN5O/c11-6-1-2-9(15-3-6)16-10(17)7-4-14-8(12)5-13-7/h1-5H,(H2,12,14)(H,15,16,17). The van der Waals surface area contributed by atoms with Gasteiger partial charge in [-0.25, -0.2) is 15.0 Å². The highest BCUT2D eigenvalue weighted by Crippen LogP contribution is 2.11. The zero-order valence-electron chi connectivity index (χ0n) is 8.59. The molecule has 0 unspecified atom stereocenters. The lowest BCUT2D eigenvalue weighted by atomic mass is 10.4. The van der Waals surface area contributed by atoms with Crippen molar-refractivity contribution in [3.05, 3.63) is 40.9 Å². The van der Waals surface area contributed by atoms with Gasteiger partial charge in [0.2, 0.25) is 0 Å². The summed E-state index contributed by atoms with van der Waals surface area (Å²) in [5.74, 6) is 0.326. The molecule has 0 bridgehead atoms. The van der Waals surface area contributed by atoms with Crippen LogP contribution in [0.2, 0.25) is 0 Å². The highest BCUT2D eigenvalue weighted by molar-refractivity contribution is 9.10. The summed E-state index contributed by atoms with van der Waals surface area (Å²) >= 11 is 3.25. The number of rotatable bonds is 2. The molecule has 0 aliphatic heterocycles. The number of hydrogen-bond acceptors (Lipinski definition) is 5. The number of nitrogen functional groups attached to an aromatic ring is 1. The summed E-state index contributed by atoms with van der Waals surface area (Å²) < 4.78 is 0.836. The number of anilines is 2. The van der Waals surface area contributed by atoms with Gasteiger partial charge in [-0.15, -0.1) is 0 Å². The van der Waals surface area contributed by atoms with E-state index in [-0.39, 0.29) is 17.4 Å². The maximum Gasteiger partial charge on any atom is 0.277 e. The number of nitrogens with one attached hydrogen (secondary N) is 1. The van der Waals surface area contributed by atoms with Crippen molar-refractivity contribution in [1.82, 2.24) is 15.0 Å². The first-order chi connectivity index (χ1) is 8.15. The van der Waals surface area contributed by atoms with Gasteiger partial charge in [0.1, 0.15) is 17.3 Å². The molecular formula is C10H8BrN5O. The lowest BCUT2D eigenvalue weighted by Gasteiger charge is -2.03. The Kier molecular flexibility index (Phi) is 3.29. The Hall–Kier alpha value is -2.02. The van der Waals surface area contributed by atoms with E-state index >= 15 is 0 Å². The van der Waals surface area contributed by atoms with Crippen molar-refractivity contribution in [2.24, 2.45) is 0 Å². The zero-order valence-corrected chi connectivity index (χ0v) is 10.2. The Morgan fingerprint density at radius 1 is 1.18 bits per heavy atom. The molecule has 3 N–H and O–H groups in total. The fourth-order valence-corrected chi connectivity index (χ4v) is 1.32. The van der Waals surface area contributed by atoms with Crippen LogP contribution in [0.15, 0.2) is 35.2 Å². The van der Waals surface area contributed by atoms with E-state index in [0.29, 0.717) is 5.82 Å². The van der Waals surface area contributed by atoms with Gasteiger partial charge in [-0.1, -0.05) is 0 Å². The van der Waals surface area contributed by atoms with E-state index in [1.54, 1.807) is 18.3 Å². The second-order valence-electron chi connectivity index (χ2n) is 3.14. The van der Waals surface area contributed by atoms with Gasteiger partial charge >= 0.3 is 0 Å². The molecular weight excluding hydrogens is 286 g/mol. The van der Waals surface area contributed by atoms with Crippen molar-refractivity contribution in [2.45, 2.75) is 0 Å². The number of aromatic nitrogens is 3. The molecule has 0 saturated heterocycles. The molecule has 1 amide bonds. The van der Waals surface area contributed by atoms with E-state index in [4.69, 9.17) is 5.73 Å². The molecule has 86 valence electrons. The van der Waals surface area contributed by atoms with Gasteiger partial charge in [0.25, 0.3) is 5.91 Å². The molecule has 0 saturated carbocycles. The van der Waals surface area contributed by atoms with E-state index in [0.717, 1.165) is 4.47 Å². The first-order valence-electron chi connectivity index (χ1n) is 4.65. The number of hydrogen-bond donors (Lipinski definition) is 2. The van der Waals surface area contributed by atoms with Crippen molar-refractivity contribution in [3.8, 4) is 0 Å². The summed E-state index contributed by atoms with van der Waals surface area (Å²) in [6.45, 7) is 0. The Labute approximate surface area is 105 Å². The molecule has 0 aromatic carbocycles. The molecule has 7 heteroatoms. The third-order valence-electron chi connectivity index (χ3n) is 1.87. The van der Waals surface area contributed by atoms with Crippen molar-refractivity contribution in [2.75, 3.05) is 11.1 Å². The minimum absolute atomic E-state index is 0.184. The lowest BCUT2D eigenvalue weighted by Crippen LogP contribution is -2.15. The van der Waals surface area contributed by atoms with Crippen LogP contribution in [0.4, 0.5) is 11.6 Å². The summed E-state index contributed by atoms with van der Waals surface area (Å²) in [4.78, 5) is 23.4. The molecule has 0 atom stereocenters. The van der Waals surface area contributed by atoms with E-state index in [1.165, 1.54) is 12.4 Å². The molecule has 0 radical (unpaired) electrons. The van der Waals surface area contributed by atoms with E-state index < -0.39 is 0 Å². The normalized spacial score (nSPS) is 9.94. The van der Waals surface area contributed by atoms with Crippen molar-refractivity contribution in [1.29, 1.82) is 0 Å². The van der Waals surface area contributed by atoms with Gasteiger partial charge < -0.3 is 11.1 Å². The molecule has 17 heavy (non-hydrogen) atoms. The Bertz CT molecular complexity index is 525. The summed E-state index contributed by atoms with van der Waals surface area (Å²) in [6.07, 6.45) is 4.22. The molecule has 0 aliphatic carbocycles. The third-order valence-corrected chi connectivity index (χ3v) is 2.34. The van der Waals surface area contributed by atoms with Gasteiger partial charge in [0.05, 0.1) is 12.4 Å². The van der Waals surface area contributed by atoms with Crippen LogP contribution in [-0.2, 0) is 0 Å². The fraction of sp³-hybridized carbons (Fsp3) is 0. The lowest BCUT2D eigenvalue weighted by molar-refractivity contribution is 0.102. The summed E-state index contributed by atoms with van der Waals surface area (Å²) in [5, 5.41) is 2.59. The highest BCUT2D eigenvalue weighted by atomic mass is 79.9. The SMILES string of the molecule is Nc1cnc(C(=O)Nc2ccc(Br)cn2)cn1. The number of pyridine rings is 1. The smallest absolute Gasteiger partial charge is 0.277 e. The van der Waals surface area contributed by atoms with Crippen LogP contribution < -0.4 is 11.1 Å². The summed E-state index contributed by atoms with van der Waals surface area (Å²) in [6, 6.07) is 3.45. The van der Waals surface area contributed by atoms with Crippen molar-refractivity contribution in [3.63, 3.8) is 0 Å². The predicted octanol–water partition coefficient (Wildman–Crippen LogP) is 1.47. The molecule has 6 nitrogen and oxygen atoms in total. The largest absolute Gasteiger partial charge is 0.382 e. The first-order valence-corrected chi connectivity index (χ1v) is 5.45. The molecule has 2 aromatic rings. The molecule has 2 rings (SSSR count). The second-order valence-corrected chi connectivity index (χ2v) is 4.06. The van der Waals surface area contributed by atoms with Gasteiger partial charge in [-0.2, -0.15) is 0 Å². The molecule has 0 spiro atoms. The summed E-state index contributed by atoms with van der Waals surface area (Å²) in [7, 11) is 0. The zero-order chi connectivity index (χ0) is 12.3. The van der Waals surface area contributed by atoms with Crippen LogP contribution in [0.3, 0.4) is 0 Å². The quantitative estimate of drug-likeness (QED) is 0.874.